The number of rotatable bonds is 4. The SMILES string of the molecule is Cc1ccc([C@@H]2CN(C(=O)CC3CCC(N)CC3)C[C@H]2c2ccc(C#N)cc2)cc1. The van der Waals surface area contributed by atoms with Crippen molar-refractivity contribution in [1.82, 2.24) is 4.90 Å². The zero-order chi connectivity index (χ0) is 21.1. The number of nitrogens with two attached hydrogens (primary N) is 1. The number of likely N-dealkylation sites (tertiary alicyclic amines) is 1. The molecule has 1 saturated carbocycles. The smallest absolute Gasteiger partial charge is 0.222 e. The lowest BCUT2D eigenvalue weighted by Gasteiger charge is -2.27. The summed E-state index contributed by atoms with van der Waals surface area (Å²) >= 11 is 0. The number of amides is 1. The second kappa shape index (κ2) is 9.02. The van der Waals surface area contributed by atoms with Gasteiger partial charge in [-0.05, 0) is 61.8 Å². The van der Waals surface area contributed by atoms with Gasteiger partial charge in [0.1, 0.15) is 0 Å². The highest BCUT2D eigenvalue weighted by Crippen LogP contribution is 2.40. The molecule has 2 aromatic carbocycles. The normalized spacial score (nSPS) is 26.4. The Labute approximate surface area is 179 Å². The molecule has 2 fully saturated rings. The molecule has 2 aliphatic rings. The van der Waals surface area contributed by atoms with E-state index in [-0.39, 0.29) is 17.7 Å². The maximum Gasteiger partial charge on any atom is 0.222 e. The quantitative estimate of drug-likeness (QED) is 0.821. The van der Waals surface area contributed by atoms with E-state index in [2.05, 4.69) is 54.3 Å². The first-order valence-electron chi connectivity index (χ1n) is 11.1. The fourth-order valence-corrected chi connectivity index (χ4v) is 5.07. The molecule has 4 heteroatoms. The van der Waals surface area contributed by atoms with Crippen LogP contribution in [0.3, 0.4) is 0 Å². The van der Waals surface area contributed by atoms with Crippen molar-refractivity contribution in [1.29, 1.82) is 5.26 Å². The van der Waals surface area contributed by atoms with E-state index in [1.807, 2.05) is 12.1 Å². The molecule has 2 atom stereocenters. The molecule has 0 aromatic heterocycles. The Bertz CT molecular complexity index is 905. The summed E-state index contributed by atoms with van der Waals surface area (Å²) in [6, 6.07) is 19.1. The summed E-state index contributed by atoms with van der Waals surface area (Å²) in [5.74, 6) is 1.29. The first-order valence-corrected chi connectivity index (χ1v) is 11.1. The predicted molar refractivity (Wildman–Crippen MR) is 119 cm³/mol. The Morgan fingerprint density at radius 1 is 0.967 bits per heavy atom. The fraction of sp³-hybridized carbons (Fsp3) is 0.462. The average molecular weight is 402 g/mol. The van der Waals surface area contributed by atoms with Gasteiger partial charge in [-0.1, -0.05) is 42.0 Å². The minimum absolute atomic E-state index is 0.254. The van der Waals surface area contributed by atoms with Crippen molar-refractivity contribution in [3.63, 3.8) is 0 Å². The third kappa shape index (κ3) is 4.57. The Morgan fingerprint density at radius 3 is 2.03 bits per heavy atom. The molecule has 0 radical (unpaired) electrons. The van der Waals surface area contributed by atoms with E-state index < -0.39 is 0 Å². The number of carbonyl (C=O) groups excluding carboxylic acids is 1. The topological polar surface area (TPSA) is 70.1 Å². The molecule has 4 rings (SSSR count). The lowest BCUT2D eigenvalue weighted by molar-refractivity contribution is -0.131. The van der Waals surface area contributed by atoms with Gasteiger partial charge in [0.2, 0.25) is 5.91 Å². The monoisotopic (exact) mass is 401 g/mol. The molecule has 1 aliphatic carbocycles. The summed E-state index contributed by atoms with van der Waals surface area (Å²) < 4.78 is 0. The molecule has 156 valence electrons. The fourth-order valence-electron chi connectivity index (χ4n) is 5.07. The van der Waals surface area contributed by atoms with Gasteiger partial charge in [0.15, 0.2) is 0 Å². The largest absolute Gasteiger partial charge is 0.341 e. The molecule has 1 saturated heterocycles. The van der Waals surface area contributed by atoms with Crippen molar-refractivity contribution < 1.29 is 4.79 Å². The lowest BCUT2D eigenvalue weighted by Crippen LogP contribution is -2.33. The van der Waals surface area contributed by atoms with E-state index in [1.54, 1.807) is 0 Å². The molecule has 2 N–H and O–H groups in total. The summed E-state index contributed by atoms with van der Waals surface area (Å²) in [4.78, 5) is 15.2. The van der Waals surface area contributed by atoms with E-state index >= 15 is 0 Å². The zero-order valence-corrected chi connectivity index (χ0v) is 17.8. The highest BCUT2D eigenvalue weighted by molar-refractivity contribution is 5.77. The van der Waals surface area contributed by atoms with Gasteiger partial charge >= 0.3 is 0 Å². The van der Waals surface area contributed by atoms with E-state index in [9.17, 15) is 4.79 Å². The Hall–Kier alpha value is -2.64. The van der Waals surface area contributed by atoms with E-state index in [0.29, 0.717) is 23.9 Å². The maximum atomic E-state index is 13.2. The Balaban J connectivity index is 1.53. The van der Waals surface area contributed by atoms with Gasteiger partial charge in [0.05, 0.1) is 11.6 Å². The van der Waals surface area contributed by atoms with Crippen LogP contribution in [-0.2, 0) is 4.79 Å². The third-order valence-electron chi connectivity index (χ3n) is 7.00. The van der Waals surface area contributed by atoms with Crippen LogP contribution in [0.2, 0.25) is 0 Å². The van der Waals surface area contributed by atoms with Crippen LogP contribution >= 0.6 is 0 Å². The van der Waals surface area contributed by atoms with Crippen molar-refractivity contribution in [2.45, 2.75) is 56.9 Å². The molecule has 0 spiro atoms. The van der Waals surface area contributed by atoms with Gasteiger partial charge in [0.25, 0.3) is 0 Å². The highest BCUT2D eigenvalue weighted by Gasteiger charge is 2.37. The molecular weight excluding hydrogens is 370 g/mol. The van der Waals surface area contributed by atoms with Crippen LogP contribution in [0, 0.1) is 24.2 Å². The van der Waals surface area contributed by atoms with Crippen LogP contribution < -0.4 is 5.73 Å². The summed E-state index contributed by atoms with van der Waals surface area (Å²) in [5.41, 5.74) is 10.4. The molecule has 4 nitrogen and oxygen atoms in total. The van der Waals surface area contributed by atoms with Gasteiger partial charge < -0.3 is 10.6 Å². The van der Waals surface area contributed by atoms with Crippen LogP contribution in [0.15, 0.2) is 48.5 Å². The van der Waals surface area contributed by atoms with Gasteiger partial charge in [-0.2, -0.15) is 5.26 Å². The minimum atomic E-state index is 0.254. The number of aryl methyl sites for hydroxylation is 1. The van der Waals surface area contributed by atoms with E-state index in [1.165, 1.54) is 16.7 Å². The second-order valence-electron chi connectivity index (χ2n) is 9.14. The van der Waals surface area contributed by atoms with Crippen molar-refractivity contribution in [2.24, 2.45) is 11.7 Å². The van der Waals surface area contributed by atoms with Crippen molar-refractivity contribution in [3.8, 4) is 6.07 Å². The summed E-state index contributed by atoms with van der Waals surface area (Å²) in [5, 5.41) is 9.13. The highest BCUT2D eigenvalue weighted by atomic mass is 16.2. The second-order valence-corrected chi connectivity index (χ2v) is 9.14. The summed E-state index contributed by atoms with van der Waals surface area (Å²) in [6.45, 7) is 3.61. The predicted octanol–water partition coefficient (Wildman–Crippen LogP) is 4.48. The van der Waals surface area contributed by atoms with Crippen molar-refractivity contribution in [3.05, 3.63) is 70.8 Å². The first kappa shape index (κ1) is 20.6. The number of benzene rings is 2. The van der Waals surface area contributed by atoms with Crippen molar-refractivity contribution in [2.75, 3.05) is 13.1 Å². The molecular formula is C26H31N3O. The average Bonchev–Trinajstić information content (AvgIpc) is 3.21. The van der Waals surface area contributed by atoms with Gasteiger partial charge in [0, 0.05) is 37.4 Å². The maximum absolute atomic E-state index is 13.2. The standard InChI is InChI=1S/C26H31N3O/c1-18-2-8-21(9-3-18)24-16-29(26(30)14-19-6-12-23(28)13-7-19)17-25(24)22-10-4-20(15-27)5-11-22/h2-5,8-11,19,23-25H,6-7,12-14,16-17,28H2,1H3/t19?,23?,24-,25-/m0/s1. The molecule has 0 bridgehead atoms. The summed E-state index contributed by atoms with van der Waals surface area (Å²) in [7, 11) is 0. The van der Waals surface area contributed by atoms with Crippen LogP contribution in [0.4, 0.5) is 0 Å². The molecule has 2 aromatic rings. The minimum Gasteiger partial charge on any atom is -0.341 e. The third-order valence-corrected chi connectivity index (χ3v) is 7.00. The number of carbonyl (C=O) groups is 1. The van der Waals surface area contributed by atoms with Crippen LogP contribution in [-0.4, -0.2) is 29.9 Å². The molecule has 1 aliphatic heterocycles. The number of nitriles is 1. The number of nitrogens with zero attached hydrogens (tertiary/aromatic N) is 2. The van der Waals surface area contributed by atoms with Gasteiger partial charge in [-0.25, -0.2) is 0 Å². The Kier molecular flexibility index (Phi) is 6.20. The molecule has 1 amide bonds. The number of hydrogen-bond acceptors (Lipinski definition) is 3. The van der Waals surface area contributed by atoms with Crippen LogP contribution in [0.1, 0.15) is 66.2 Å². The Morgan fingerprint density at radius 2 is 1.50 bits per heavy atom. The van der Waals surface area contributed by atoms with Crippen LogP contribution in [0.25, 0.3) is 0 Å². The van der Waals surface area contributed by atoms with E-state index in [0.717, 1.165) is 38.8 Å². The zero-order valence-electron chi connectivity index (χ0n) is 17.8. The molecule has 0 unspecified atom stereocenters. The first-order chi connectivity index (χ1) is 14.5. The van der Waals surface area contributed by atoms with Gasteiger partial charge in [-0.3, -0.25) is 4.79 Å². The summed E-state index contributed by atoms with van der Waals surface area (Å²) in [6.07, 6.45) is 4.87. The van der Waals surface area contributed by atoms with Crippen molar-refractivity contribution >= 4 is 5.91 Å². The lowest BCUT2D eigenvalue weighted by atomic mass is 9.84. The molecule has 30 heavy (non-hydrogen) atoms. The van der Waals surface area contributed by atoms with E-state index in [4.69, 9.17) is 11.0 Å². The molecule has 1 heterocycles. The van der Waals surface area contributed by atoms with Crippen LogP contribution in [0.5, 0.6) is 0 Å². The number of hydrogen-bond donors (Lipinski definition) is 1. The van der Waals surface area contributed by atoms with Gasteiger partial charge in [-0.15, -0.1) is 0 Å².